The van der Waals surface area contributed by atoms with E-state index in [2.05, 4.69) is 27.8 Å². The van der Waals surface area contributed by atoms with Crippen LogP contribution >= 0.6 is 0 Å². The van der Waals surface area contributed by atoms with Crippen molar-refractivity contribution in [1.29, 1.82) is 0 Å². The van der Waals surface area contributed by atoms with E-state index in [4.69, 9.17) is 4.99 Å². The molecule has 1 fully saturated rings. The minimum atomic E-state index is -0.236. The summed E-state index contributed by atoms with van der Waals surface area (Å²) >= 11 is 0. The molecule has 33 heavy (non-hydrogen) atoms. The summed E-state index contributed by atoms with van der Waals surface area (Å²) in [5, 5.41) is 7.71. The van der Waals surface area contributed by atoms with Gasteiger partial charge in [0.25, 0.3) is 0 Å². The van der Waals surface area contributed by atoms with Crippen molar-refractivity contribution in [2.24, 2.45) is 10.9 Å². The Balaban J connectivity index is 1.26. The summed E-state index contributed by atoms with van der Waals surface area (Å²) in [6.07, 6.45) is 4.17. The van der Waals surface area contributed by atoms with Crippen LogP contribution in [0, 0.1) is 11.7 Å². The van der Waals surface area contributed by atoms with Crippen LogP contribution in [0.4, 0.5) is 4.39 Å². The number of rotatable bonds is 9. The molecule has 1 amide bonds. The van der Waals surface area contributed by atoms with E-state index < -0.39 is 0 Å². The first-order valence-corrected chi connectivity index (χ1v) is 11.7. The number of H-pyrrole nitrogens is 1. The quantitative estimate of drug-likeness (QED) is 0.346. The fraction of sp³-hybridized carbons (Fsp3) is 0.385. The smallest absolute Gasteiger partial charge is 0.223 e. The fourth-order valence-electron chi connectivity index (χ4n) is 4.34. The van der Waals surface area contributed by atoms with E-state index >= 15 is 0 Å². The number of amides is 1. The molecule has 4 rings (SSSR count). The topological polar surface area (TPSA) is 72.5 Å². The molecule has 6 nitrogen and oxygen atoms in total. The van der Waals surface area contributed by atoms with Gasteiger partial charge in [0.1, 0.15) is 5.82 Å². The molecule has 174 valence electrons. The zero-order chi connectivity index (χ0) is 23.0. The Hall–Kier alpha value is -3.35. The van der Waals surface area contributed by atoms with Crippen molar-refractivity contribution in [3.63, 3.8) is 0 Å². The Morgan fingerprint density at radius 1 is 1.18 bits per heavy atom. The molecule has 0 aliphatic carbocycles. The predicted molar refractivity (Wildman–Crippen MR) is 131 cm³/mol. The number of carbonyl (C=O) groups excluding carboxylic acids is 1. The van der Waals surface area contributed by atoms with E-state index in [-0.39, 0.29) is 17.6 Å². The van der Waals surface area contributed by atoms with Crippen molar-refractivity contribution in [3.8, 4) is 0 Å². The third-order valence-corrected chi connectivity index (χ3v) is 6.08. The molecular formula is C26H32FN5O. The van der Waals surface area contributed by atoms with Crippen molar-refractivity contribution in [2.45, 2.75) is 26.2 Å². The van der Waals surface area contributed by atoms with Crippen molar-refractivity contribution < 1.29 is 9.18 Å². The summed E-state index contributed by atoms with van der Waals surface area (Å²) in [5.41, 5.74) is 3.21. The Kier molecular flexibility index (Phi) is 7.60. The van der Waals surface area contributed by atoms with Crippen molar-refractivity contribution in [2.75, 3.05) is 32.7 Å². The molecule has 7 heteroatoms. The number of nitrogens with one attached hydrogen (secondary N) is 3. The van der Waals surface area contributed by atoms with Gasteiger partial charge in [-0.05, 0) is 49.1 Å². The average molecular weight is 450 g/mol. The van der Waals surface area contributed by atoms with Crippen molar-refractivity contribution in [3.05, 3.63) is 71.7 Å². The van der Waals surface area contributed by atoms with Crippen LogP contribution in [-0.4, -0.2) is 54.5 Å². The number of nitrogens with zero attached hydrogens (tertiary/aromatic N) is 2. The Bertz CT molecular complexity index is 1090. The number of carbonyl (C=O) groups is 1. The molecule has 1 saturated heterocycles. The first-order chi connectivity index (χ1) is 16.1. The van der Waals surface area contributed by atoms with Gasteiger partial charge in [-0.2, -0.15) is 0 Å². The van der Waals surface area contributed by atoms with E-state index in [0.717, 1.165) is 54.9 Å². The number of likely N-dealkylation sites (tertiary alicyclic amines) is 1. The van der Waals surface area contributed by atoms with Gasteiger partial charge in [0.15, 0.2) is 5.96 Å². The van der Waals surface area contributed by atoms with Gasteiger partial charge < -0.3 is 20.5 Å². The molecule has 0 spiro atoms. The van der Waals surface area contributed by atoms with Gasteiger partial charge >= 0.3 is 0 Å². The number of aromatic amines is 1. The Morgan fingerprint density at radius 3 is 2.85 bits per heavy atom. The second-order valence-electron chi connectivity index (χ2n) is 8.55. The number of halogens is 1. The molecule has 1 atom stereocenters. The molecule has 1 unspecified atom stereocenters. The van der Waals surface area contributed by atoms with Crippen LogP contribution in [0.15, 0.2) is 59.7 Å². The Labute approximate surface area is 194 Å². The third kappa shape index (κ3) is 6.12. The lowest BCUT2D eigenvalue weighted by Gasteiger charge is -2.16. The predicted octanol–water partition coefficient (Wildman–Crippen LogP) is 3.50. The minimum Gasteiger partial charge on any atom is -0.361 e. The van der Waals surface area contributed by atoms with Gasteiger partial charge in [0, 0.05) is 62.2 Å². The Morgan fingerprint density at radius 2 is 2.03 bits per heavy atom. The maximum atomic E-state index is 13.4. The summed E-state index contributed by atoms with van der Waals surface area (Å²) < 4.78 is 13.4. The normalized spacial score (nSPS) is 16.5. The zero-order valence-electron chi connectivity index (χ0n) is 19.1. The van der Waals surface area contributed by atoms with Gasteiger partial charge in [-0.15, -0.1) is 0 Å². The lowest BCUT2D eigenvalue weighted by atomic mass is 10.1. The molecule has 0 radical (unpaired) electrons. The maximum Gasteiger partial charge on any atom is 0.223 e. The molecule has 1 aromatic heterocycles. The number of benzene rings is 2. The lowest BCUT2D eigenvalue weighted by molar-refractivity contribution is -0.127. The van der Waals surface area contributed by atoms with Crippen LogP contribution in [0.25, 0.3) is 10.9 Å². The number of hydrogen-bond donors (Lipinski definition) is 3. The highest BCUT2D eigenvalue weighted by Crippen LogP contribution is 2.20. The fourth-order valence-corrected chi connectivity index (χ4v) is 4.34. The molecule has 3 aromatic rings. The molecular weight excluding hydrogens is 417 g/mol. The SMILES string of the molecule is CCNC(=NCC1CC(=O)N(CCc2ccccc2)C1)NCCc1c[nH]c2cc(F)ccc12. The molecule has 1 aliphatic heterocycles. The van der Waals surface area contributed by atoms with Crippen molar-refractivity contribution >= 4 is 22.8 Å². The zero-order valence-corrected chi connectivity index (χ0v) is 19.1. The average Bonchev–Trinajstić information content (AvgIpc) is 3.39. The van der Waals surface area contributed by atoms with Gasteiger partial charge in [-0.25, -0.2) is 4.39 Å². The van der Waals surface area contributed by atoms with Gasteiger partial charge in [0.05, 0.1) is 0 Å². The lowest BCUT2D eigenvalue weighted by Crippen LogP contribution is -2.38. The summed E-state index contributed by atoms with van der Waals surface area (Å²) in [4.78, 5) is 22.3. The second kappa shape index (κ2) is 11.0. The standard InChI is InChI=1S/C26H32FN5O/c1-2-28-26(29-12-10-21-17-30-24-15-22(27)8-9-23(21)24)31-16-20-14-25(33)32(18-20)13-11-19-6-4-3-5-7-19/h3-9,15,17,20,30H,2,10-14,16,18H2,1H3,(H2,28,29,31). The number of fused-ring (bicyclic) bond motifs is 1. The molecule has 2 heterocycles. The van der Waals surface area contributed by atoms with Gasteiger partial charge in [-0.3, -0.25) is 9.79 Å². The number of hydrogen-bond acceptors (Lipinski definition) is 2. The van der Waals surface area contributed by atoms with E-state index in [1.807, 2.05) is 42.3 Å². The molecule has 0 bridgehead atoms. The molecule has 1 aliphatic rings. The second-order valence-corrected chi connectivity index (χ2v) is 8.55. The number of aliphatic imine (C=N–C) groups is 1. The highest BCUT2D eigenvalue weighted by atomic mass is 19.1. The summed E-state index contributed by atoms with van der Waals surface area (Å²) in [6, 6.07) is 15.1. The van der Waals surface area contributed by atoms with Crippen LogP contribution in [-0.2, 0) is 17.6 Å². The number of aromatic nitrogens is 1. The maximum absolute atomic E-state index is 13.4. The largest absolute Gasteiger partial charge is 0.361 e. The molecule has 2 aromatic carbocycles. The monoisotopic (exact) mass is 449 g/mol. The van der Waals surface area contributed by atoms with E-state index in [9.17, 15) is 9.18 Å². The van der Waals surface area contributed by atoms with Gasteiger partial charge in [-0.1, -0.05) is 30.3 Å². The highest BCUT2D eigenvalue weighted by Gasteiger charge is 2.29. The van der Waals surface area contributed by atoms with E-state index in [1.165, 1.54) is 17.7 Å². The van der Waals surface area contributed by atoms with Crippen LogP contribution < -0.4 is 10.6 Å². The van der Waals surface area contributed by atoms with Crippen LogP contribution in [0.1, 0.15) is 24.5 Å². The van der Waals surface area contributed by atoms with Crippen molar-refractivity contribution in [1.82, 2.24) is 20.5 Å². The highest BCUT2D eigenvalue weighted by molar-refractivity contribution is 5.83. The molecule has 3 N–H and O–H groups in total. The summed E-state index contributed by atoms with van der Waals surface area (Å²) in [6.45, 7) is 5.66. The van der Waals surface area contributed by atoms with E-state index in [1.54, 1.807) is 0 Å². The van der Waals surface area contributed by atoms with Gasteiger partial charge in [0.2, 0.25) is 5.91 Å². The van der Waals surface area contributed by atoms with E-state index in [0.29, 0.717) is 19.5 Å². The van der Waals surface area contributed by atoms with Crippen LogP contribution in [0.3, 0.4) is 0 Å². The first kappa shape index (κ1) is 22.8. The molecule has 0 saturated carbocycles. The minimum absolute atomic E-state index is 0.222. The summed E-state index contributed by atoms with van der Waals surface area (Å²) in [7, 11) is 0. The first-order valence-electron chi connectivity index (χ1n) is 11.7. The number of guanidine groups is 1. The third-order valence-electron chi connectivity index (χ3n) is 6.08. The summed E-state index contributed by atoms with van der Waals surface area (Å²) in [5.74, 6) is 0.991. The van der Waals surface area contributed by atoms with Crippen LogP contribution in [0.5, 0.6) is 0 Å². The van der Waals surface area contributed by atoms with Crippen LogP contribution in [0.2, 0.25) is 0 Å².